The van der Waals surface area contributed by atoms with Crippen molar-refractivity contribution in [2.75, 3.05) is 20.8 Å². The van der Waals surface area contributed by atoms with Gasteiger partial charge in [-0.25, -0.2) is 0 Å². The summed E-state index contributed by atoms with van der Waals surface area (Å²) in [6.07, 6.45) is 0.222. The third-order valence-electron chi connectivity index (χ3n) is 2.37. The van der Waals surface area contributed by atoms with Crippen molar-refractivity contribution in [3.63, 3.8) is 0 Å². The Morgan fingerprint density at radius 2 is 1.95 bits per heavy atom. The second kappa shape index (κ2) is 10.4. The van der Waals surface area contributed by atoms with Gasteiger partial charge in [-0.2, -0.15) is 0 Å². The van der Waals surface area contributed by atoms with Gasteiger partial charge < -0.3 is 14.6 Å². The quantitative estimate of drug-likeness (QED) is 0.830. The molecule has 112 valence electrons. The minimum absolute atomic E-state index is 0.222. The minimum atomic E-state index is -0.745. The predicted molar refractivity (Wildman–Crippen MR) is 78.7 cm³/mol. The number of esters is 1. The summed E-state index contributed by atoms with van der Waals surface area (Å²) < 4.78 is 10.7. The van der Waals surface area contributed by atoms with Crippen LogP contribution in [-0.4, -0.2) is 37.9 Å². The van der Waals surface area contributed by atoms with Gasteiger partial charge in [-0.3, -0.25) is 9.59 Å². The zero-order valence-corrected chi connectivity index (χ0v) is 13.3. The Kier molecular flexibility index (Phi) is 9.67. The van der Waals surface area contributed by atoms with Crippen LogP contribution in [0, 0.1) is 0 Å². The number of carboxylic acids is 1. The van der Waals surface area contributed by atoms with E-state index in [9.17, 15) is 9.59 Å². The van der Waals surface area contributed by atoms with Gasteiger partial charge in [0.1, 0.15) is 5.92 Å². The Balaban J connectivity index is 0.000000621. The third kappa shape index (κ3) is 7.25. The Morgan fingerprint density at radius 1 is 1.35 bits per heavy atom. The molecule has 20 heavy (non-hydrogen) atoms. The first-order valence-electron chi connectivity index (χ1n) is 6.00. The first-order chi connectivity index (χ1) is 9.46. The predicted octanol–water partition coefficient (Wildman–Crippen LogP) is 2.83. The maximum Gasteiger partial charge on any atom is 0.315 e. The lowest BCUT2D eigenvalue weighted by atomic mass is 10.0. The molecule has 0 aliphatic carbocycles. The van der Waals surface area contributed by atoms with Crippen molar-refractivity contribution < 1.29 is 24.2 Å². The Bertz CT molecular complexity index is 433. The average Bonchev–Trinajstić information content (AvgIpc) is 2.44. The van der Waals surface area contributed by atoms with E-state index in [1.165, 1.54) is 7.11 Å². The summed E-state index contributed by atoms with van der Waals surface area (Å²) in [5, 5.41) is 7.72. The number of aliphatic carboxylic acids is 1. The van der Waals surface area contributed by atoms with E-state index in [4.69, 9.17) is 14.6 Å². The lowest BCUT2D eigenvalue weighted by Crippen LogP contribution is -2.19. The molecule has 1 aromatic carbocycles. The van der Waals surface area contributed by atoms with Crippen LogP contribution in [-0.2, 0) is 19.1 Å². The standard InChI is InChI=1S/C11H13BrO3.C3H6O2/c1-14-7-10(11(13)15-2)8-4-3-5-9(12)6-8;1-2-3(4)5/h3-6,10H,7H2,1-2H3;2H2,1H3,(H,4,5). The summed E-state index contributed by atoms with van der Waals surface area (Å²) in [6, 6.07) is 7.56. The van der Waals surface area contributed by atoms with Crippen LogP contribution in [0.25, 0.3) is 0 Å². The van der Waals surface area contributed by atoms with Crippen LogP contribution in [0.3, 0.4) is 0 Å². The van der Waals surface area contributed by atoms with Gasteiger partial charge in [0, 0.05) is 18.0 Å². The highest BCUT2D eigenvalue weighted by Gasteiger charge is 2.21. The van der Waals surface area contributed by atoms with Gasteiger partial charge in [0.05, 0.1) is 13.7 Å². The Morgan fingerprint density at radius 3 is 2.35 bits per heavy atom. The molecule has 0 saturated carbocycles. The van der Waals surface area contributed by atoms with Crippen molar-refractivity contribution in [3.8, 4) is 0 Å². The zero-order chi connectivity index (χ0) is 15.5. The van der Waals surface area contributed by atoms with E-state index in [-0.39, 0.29) is 18.3 Å². The molecule has 1 unspecified atom stereocenters. The molecule has 1 N–H and O–H groups in total. The summed E-state index contributed by atoms with van der Waals surface area (Å²) in [5.41, 5.74) is 0.887. The lowest BCUT2D eigenvalue weighted by molar-refractivity contribution is -0.143. The van der Waals surface area contributed by atoms with E-state index in [2.05, 4.69) is 15.9 Å². The molecule has 0 spiro atoms. The van der Waals surface area contributed by atoms with Crippen molar-refractivity contribution in [1.82, 2.24) is 0 Å². The first kappa shape index (κ1) is 18.6. The molecule has 0 fully saturated rings. The molecule has 0 aliphatic heterocycles. The minimum Gasteiger partial charge on any atom is -0.481 e. The van der Waals surface area contributed by atoms with Gasteiger partial charge in [0.2, 0.25) is 0 Å². The average molecular weight is 347 g/mol. The van der Waals surface area contributed by atoms with Gasteiger partial charge >= 0.3 is 11.9 Å². The molecule has 6 heteroatoms. The molecular formula is C14H19BrO5. The highest BCUT2D eigenvalue weighted by atomic mass is 79.9. The Labute approximate surface area is 127 Å². The second-order valence-corrected chi connectivity index (χ2v) is 4.75. The van der Waals surface area contributed by atoms with Gasteiger partial charge in [-0.05, 0) is 17.7 Å². The number of benzene rings is 1. The maximum absolute atomic E-state index is 11.5. The fraction of sp³-hybridized carbons (Fsp3) is 0.429. The fourth-order valence-corrected chi connectivity index (χ4v) is 1.75. The highest BCUT2D eigenvalue weighted by Crippen LogP contribution is 2.21. The van der Waals surface area contributed by atoms with Crippen LogP contribution in [0.15, 0.2) is 28.7 Å². The van der Waals surface area contributed by atoms with Gasteiger partial charge in [0.15, 0.2) is 0 Å². The van der Waals surface area contributed by atoms with Gasteiger partial charge in [-0.15, -0.1) is 0 Å². The van der Waals surface area contributed by atoms with Crippen LogP contribution in [0.1, 0.15) is 24.8 Å². The molecule has 1 aromatic rings. The molecule has 0 heterocycles. The summed E-state index contributed by atoms with van der Waals surface area (Å²) >= 11 is 3.36. The van der Waals surface area contributed by atoms with Crippen LogP contribution in [0.4, 0.5) is 0 Å². The molecule has 0 bridgehead atoms. The summed E-state index contributed by atoms with van der Waals surface area (Å²) in [7, 11) is 2.94. The second-order valence-electron chi connectivity index (χ2n) is 3.83. The molecule has 0 saturated heterocycles. The smallest absolute Gasteiger partial charge is 0.315 e. The molecule has 5 nitrogen and oxygen atoms in total. The number of hydrogen-bond donors (Lipinski definition) is 1. The number of carboxylic acid groups (broad SMARTS) is 1. The summed E-state index contributed by atoms with van der Waals surface area (Å²) in [4.78, 5) is 20.9. The van der Waals surface area contributed by atoms with Crippen molar-refractivity contribution in [2.24, 2.45) is 0 Å². The number of carbonyl (C=O) groups is 2. The maximum atomic E-state index is 11.5. The van der Waals surface area contributed by atoms with Crippen molar-refractivity contribution in [2.45, 2.75) is 19.3 Å². The lowest BCUT2D eigenvalue weighted by Gasteiger charge is -2.14. The van der Waals surface area contributed by atoms with Crippen LogP contribution >= 0.6 is 15.9 Å². The normalized spacial score (nSPS) is 11.0. The van der Waals surface area contributed by atoms with E-state index in [1.807, 2.05) is 24.3 Å². The molecule has 0 aliphatic rings. The number of methoxy groups -OCH3 is 2. The summed E-state index contributed by atoms with van der Waals surface area (Å²) in [5.74, 6) is -1.39. The number of rotatable bonds is 5. The highest BCUT2D eigenvalue weighted by molar-refractivity contribution is 9.10. The van der Waals surface area contributed by atoms with Crippen molar-refractivity contribution in [1.29, 1.82) is 0 Å². The van der Waals surface area contributed by atoms with Crippen LogP contribution < -0.4 is 0 Å². The van der Waals surface area contributed by atoms with Crippen molar-refractivity contribution in [3.05, 3.63) is 34.3 Å². The van der Waals surface area contributed by atoms with E-state index in [0.29, 0.717) is 6.61 Å². The van der Waals surface area contributed by atoms with Crippen LogP contribution in [0.2, 0.25) is 0 Å². The monoisotopic (exact) mass is 346 g/mol. The SMILES string of the molecule is CCC(=O)O.COCC(C(=O)OC)c1cccc(Br)c1. The number of hydrogen-bond acceptors (Lipinski definition) is 4. The largest absolute Gasteiger partial charge is 0.481 e. The summed E-state index contributed by atoms with van der Waals surface area (Å²) in [6.45, 7) is 1.92. The van der Waals surface area contributed by atoms with Crippen molar-refractivity contribution >= 4 is 27.9 Å². The molecule has 0 radical (unpaired) electrons. The Hall–Kier alpha value is -1.40. The third-order valence-corrected chi connectivity index (χ3v) is 2.87. The molecule has 1 atom stereocenters. The number of ether oxygens (including phenoxy) is 2. The number of halogens is 1. The van der Waals surface area contributed by atoms with E-state index < -0.39 is 5.97 Å². The van der Waals surface area contributed by atoms with Gasteiger partial charge in [-0.1, -0.05) is 35.0 Å². The molecular weight excluding hydrogens is 328 g/mol. The zero-order valence-electron chi connectivity index (χ0n) is 11.8. The molecule has 0 amide bonds. The number of carbonyl (C=O) groups excluding carboxylic acids is 1. The van der Waals surface area contributed by atoms with E-state index in [1.54, 1.807) is 14.0 Å². The van der Waals surface area contributed by atoms with E-state index >= 15 is 0 Å². The van der Waals surface area contributed by atoms with Crippen LogP contribution in [0.5, 0.6) is 0 Å². The van der Waals surface area contributed by atoms with E-state index in [0.717, 1.165) is 10.0 Å². The molecule has 1 rings (SSSR count). The first-order valence-corrected chi connectivity index (χ1v) is 6.79. The van der Waals surface area contributed by atoms with Gasteiger partial charge in [0.25, 0.3) is 0 Å². The fourth-order valence-electron chi connectivity index (χ4n) is 1.33. The molecule has 0 aromatic heterocycles. The topological polar surface area (TPSA) is 72.8 Å².